The summed E-state index contributed by atoms with van der Waals surface area (Å²) < 4.78 is 10.4. The maximum absolute atomic E-state index is 11.6. The van der Waals surface area contributed by atoms with Crippen LogP contribution in [0.25, 0.3) is 11.2 Å². The summed E-state index contributed by atoms with van der Waals surface area (Å²) in [4.78, 5) is 29.2. The van der Waals surface area contributed by atoms with Gasteiger partial charge in [-0.15, -0.1) is 0 Å². The van der Waals surface area contributed by atoms with Crippen molar-refractivity contribution in [3.8, 4) is 0 Å². The fourth-order valence-corrected chi connectivity index (χ4v) is 3.27. The number of anilines is 2. The summed E-state index contributed by atoms with van der Waals surface area (Å²) in [7, 11) is 1.39. The number of oxazole rings is 1. The molecule has 0 N–H and O–H groups in total. The van der Waals surface area contributed by atoms with Gasteiger partial charge in [-0.2, -0.15) is 4.98 Å². The van der Waals surface area contributed by atoms with Crippen molar-refractivity contribution in [2.45, 2.75) is 13.3 Å². The summed E-state index contributed by atoms with van der Waals surface area (Å²) in [5.74, 6) is 1.18. The van der Waals surface area contributed by atoms with E-state index in [1.54, 1.807) is 12.1 Å². The lowest BCUT2D eigenvalue weighted by Crippen LogP contribution is -2.47. The van der Waals surface area contributed by atoms with Crippen LogP contribution < -0.4 is 9.80 Å². The largest absolute Gasteiger partial charge is 0.465 e. The van der Waals surface area contributed by atoms with E-state index < -0.39 is 0 Å². The van der Waals surface area contributed by atoms with E-state index in [1.165, 1.54) is 13.4 Å². The molecule has 4 rings (SSSR count). The van der Waals surface area contributed by atoms with E-state index in [2.05, 4.69) is 24.8 Å². The van der Waals surface area contributed by atoms with Crippen molar-refractivity contribution in [3.63, 3.8) is 0 Å². The van der Waals surface area contributed by atoms with Gasteiger partial charge in [0.2, 0.25) is 0 Å². The van der Waals surface area contributed by atoms with Crippen molar-refractivity contribution in [2.75, 3.05) is 43.1 Å². The number of esters is 1. The first kappa shape index (κ1) is 17.3. The van der Waals surface area contributed by atoms with Crippen LogP contribution in [0, 0.1) is 0 Å². The van der Waals surface area contributed by atoms with Gasteiger partial charge in [-0.3, -0.25) is 0 Å². The van der Waals surface area contributed by atoms with Crippen LogP contribution in [0.2, 0.25) is 0 Å². The van der Waals surface area contributed by atoms with Crippen molar-refractivity contribution in [1.29, 1.82) is 0 Å². The van der Waals surface area contributed by atoms with Gasteiger partial charge in [0.25, 0.3) is 5.71 Å². The Kier molecular flexibility index (Phi) is 4.62. The van der Waals surface area contributed by atoms with E-state index in [0.29, 0.717) is 17.2 Å². The summed E-state index contributed by atoms with van der Waals surface area (Å²) in [6.07, 6.45) is 2.26. The molecule has 3 heterocycles. The molecule has 0 radical (unpaired) electrons. The minimum Gasteiger partial charge on any atom is -0.465 e. The molecule has 0 atom stereocenters. The van der Waals surface area contributed by atoms with Crippen LogP contribution in [0.15, 0.2) is 35.0 Å². The molecule has 1 fully saturated rings. The number of carbonyl (C=O) groups is 1. The van der Waals surface area contributed by atoms with Gasteiger partial charge in [0.1, 0.15) is 6.33 Å². The number of ether oxygens (including phenoxy) is 1. The molecule has 0 unspecified atom stereocenters. The Hall–Kier alpha value is -3.16. The Bertz CT molecular complexity index is 946. The van der Waals surface area contributed by atoms with Crippen molar-refractivity contribution in [1.82, 2.24) is 15.0 Å². The molecule has 140 valence electrons. The van der Waals surface area contributed by atoms with E-state index in [0.717, 1.165) is 49.6 Å². The second-order valence-electron chi connectivity index (χ2n) is 6.32. The van der Waals surface area contributed by atoms with Crippen LogP contribution >= 0.6 is 0 Å². The quantitative estimate of drug-likeness (QED) is 0.650. The molecule has 27 heavy (non-hydrogen) atoms. The number of methoxy groups -OCH3 is 1. The number of piperazine rings is 1. The third kappa shape index (κ3) is 3.30. The van der Waals surface area contributed by atoms with Crippen LogP contribution in [0.3, 0.4) is 0 Å². The average molecular weight is 367 g/mol. The Morgan fingerprint density at radius 2 is 1.81 bits per heavy atom. The topological polar surface area (TPSA) is 84.6 Å². The van der Waals surface area contributed by atoms with Crippen LogP contribution in [0.1, 0.15) is 23.2 Å². The van der Waals surface area contributed by atoms with Crippen LogP contribution in [-0.4, -0.2) is 54.2 Å². The molecular weight excluding hydrogens is 346 g/mol. The van der Waals surface area contributed by atoms with Gasteiger partial charge in [0.05, 0.1) is 12.7 Å². The molecular formula is C19H21N5O3. The van der Waals surface area contributed by atoms with Gasteiger partial charge >= 0.3 is 5.97 Å². The smallest absolute Gasteiger partial charge is 0.337 e. The lowest BCUT2D eigenvalue weighted by molar-refractivity contribution is 0.0601. The third-order valence-corrected chi connectivity index (χ3v) is 4.76. The van der Waals surface area contributed by atoms with Crippen molar-refractivity contribution in [3.05, 3.63) is 42.0 Å². The lowest BCUT2D eigenvalue weighted by Gasteiger charge is -2.36. The normalized spacial score (nSPS) is 14.6. The third-order valence-electron chi connectivity index (χ3n) is 4.76. The zero-order valence-corrected chi connectivity index (χ0v) is 15.4. The van der Waals surface area contributed by atoms with E-state index in [1.807, 2.05) is 19.1 Å². The minimum absolute atomic E-state index is 0.321. The summed E-state index contributed by atoms with van der Waals surface area (Å²) >= 11 is 0. The van der Waals surface area contributed by atoms with Gasteiger partial charge in [-0.05, 0) is 24.3 Å². The lowest BCUT2D eigenvalue weighted by atomic mass is 10.2. The van der Waals surface area contributed by atoms with Crippen molar-refractivity contribution >= 4 is 28.7 Å². The standard InChI is InChI=1S/C19H21N5O3/c1-3-15-22-16-17(20-12-21-18(16)27-15)24-10-8-23(9-11-24)14-6-4-13(5-7-14)19(25)26-2/h4-7,12H,3,8-11H2,1-2H3. The highest BCUT2D eigenvalue weighted by Gasteiger charge is 2.22. The highest BCUT2D eigenvalue weighted by Crippen LogP contribution is 2.25. The molecule has 8 nitrogen and oxygen atoms in total. The molecule has 1 aromatic carbocycles. The van der Waals surface area contributed by atoms with Crippen LogP contribution in [0.4, 0.5) is 11.5 Å². The molecule has 8 heteroatoms. The molecule has 2 aromatic heterocycles. The monoisotopic (exact) mass is 367 g/mol. The van der Waals surface area contributed by atoms with Gasteiger partial charge in [0.15, 0.2) is 17.2 Å². The van der Waals surface area contributed by atoms with Crippen LogP contribution in [0.5, 0.6) is 0 Å². The number of aromatic nitrogens is 3. The number of nitrogens with zero attached hydrogens (tertiary/aromatic N) is 5. The first-order valence-electron chi connectivity index (χ1n) is 8.98. The van der Waals surface area contributed by atoms with Crippen molar-refractivity contribution in [2.24, 2.45) is 0 Å². The Morgan fingerprint density at radius 1 is 1.11 bits per heavy atom. The predicted octanol–water partition coefficient (Wildman–Crippen LogP) is 2.29. The molecule has 1 aliphatic rings. The van der Waals surface area contributed by atoms with Gasteiger partial charge < -0.3 is 19.0 Å². The Morgan fingerprint density at radius 3 is 2.48 bits per heavy atom. The molecule has 0 aliphatic carbocycles. The Labute approximate surface area is 156 Å². The van der Waals surface area contributed by atoms with E-state index in [4.69, 9.17) is 9.15 Å². The number of rotatable bonds is 4. The molecule has 0 saturated carbocycles. The highest BCUT2D eigenvalue weighted by molar-refractivity contribution is 5.89. The molecule has 0 amide bonds. The zero-order valence-electron chi connectivity index (χ0n) is 15.4. The van der Waals surface area contributed by atoms with Gasteiger partial charge in [-0.1, -0.05) is 6.92 Å². The highest BCUT2D eigenvalue weighted by atomic mass is 16.5. The van der Waals surface area contributed by atoms with E-state index in [9.17, 15) is 4.79 Å². The number of hydrogen-bond acceptors (Lipinski definition) is 8. The van der Waals surface area contributed by atoms with Gasteiger partial charge in [-0.25, -0.2) is 14.8 Å². The number of hydrogen-bond donors (Lipinski definition) is 0. The van der Waals surface area contributed by atoms with Gasteiger partial charge in [0, 0.05) is 38.3 Å². The average Bonchev–Trinajstić information content (AvgIpc) is 3.17. The molecule has 1 aliphatic heterocycles. The predicted molar refractivity (Wildman–Crippen MR) is 101 cm³/mol. The number of benzene rings is 1. The first-order chi connectivity index (χ1) is 13.2. The summed E-state index contributed by atoms with van der Waals surface area (Å²) in [6, 6.07) is 7.50. The number of carbonyl (C=O) groups excluding carboxylic acids is 1. The zero-order chi connectivity index (χ0) is 18.8. The first-order valence-corrected chi connectivity index (χ1v) is 8.98. The fraction of sp³-hybridized carbons (Fsp3) is 0.368. The van der Waals surface area contributed by atoms with Crippen LogP contribution in [-0.2, 0) is 11.2 Å². The molecule has 1 saturated heterocycles. The maximum Gasteiger partial charge on any atom is 0.337 e. The maximum atomic E-state index is 11.6. The van der Waals surface area contributed by atoms with E-state index >= 15 is 0 Å². The number of fused-ring (bicyclic) bond motifs is 1. The second-order valence-corrected chi connectivity index (χ2v) is 6.32. The molecule has 0 spiro atoms. The molecule has 3 aromatic rings. The minimum atomic E-state index is -0.321. The number of aryl methyl sites for hydroxylation is 1. The Balaban J connectivity index is 1.48. The van der Waals surface area contributed by atoms with Crippen molar-refractivity contribution < 1.29 is 13.9 Å². The van der Waals surface area contributed by atoms with E-state index in [-0.39, 0.29) is 5.97 Å². The SMILES string of the molecule is CCc1nc2c(N3CCN(c4ccc(C(=O)OC)cc4)CC3)ncnc2o1. The summed E-state index contributed by atoms with van der Waals surface area (Å²) in [5.41, 5.74) is 2.91. The molecule has 0 bridgehead atoms. The summed E-state index contributed by atoms with van der Waals surface area (Å²) in [5, 5.41) is 0. The fourth-order valence-electron chi connectivity index (χ4n) is 3.27. The summed E-state index contributed by atoms with van der Waals surface area (Å²) in [6.45, 7) is 5.34. The second kappa shape index (κ2) is 7.22.